The predicted octanol–water partition coefficient (Wildman–Crippen LogP) is 5.96. The predicted molar refractivity (Wildman–Crippen MR) is 152 cm³/mol. The van der Waals surface area contributed by atoms with Crippen LogP contribution in [0.2, 0.25) is 0 Å². The number of amides is 1. The molecule has 0 spiro atoms. The number of aryl methyl sites for hydroxylation is 1. The van der Waals surface area contributed by atoms with Gasteiger partial charge in [0.05, 0.1) is 23.2 Å². The Bertz CT molecular complexity index is 1290. The molecular formula is C31H36N4O2S. The molecule has 3 heterocycles. The standard InChI is InChI=1S/C31H36N4O2S/c1-37-30-26-7-3-2-6-22(26)8-11-27(30)23-14-18-35(19-15-23)17-5-4-16-33-31(36)24-9-12-28(34-21-24)29-13-10-25(20-32)38-29/h8-13,21,23H,2-7,14-19H2,1H3,(H,33,36). The van der Waals surface area contributed by atoms with E-state index in [2.05, 4.69) is 33.4 Å². The first-order valence-electron chi connectivity index (χ1n) is 13.8. The zero-order valence-corrected chi connectivity index (χ0v) is 23.0. The van der Waals surface area contributed by atoms with Crippen molar-refractivity contribution in [1.29, 1.82) is 5.26 Å². The van der Waals surface area contributed by atoms with Gasteiger partial charge in [0.25, 0.3) is 5.91 Å². The van der Waals surface area contributed by atoms with Crippen molar-refractivity contribution in [3.8, 4) is 22.4 Å². The molecule has 1 aromatic carbocycles. The van der Waals surface area contributed by atoms with Gasteiger partial charge in [0.2, 0.25) is 0 Å². The second-order valence-electron chi connectivity index (χ2n) is 10.3. The normalized spacial score (nSPS) is 16.0. The number of fused-ring (bicyclic) bond motifs is 1. The molecule has 1 aliphatic carbocycles. The molecule has 0 bridgehead atoms. The van der Waals surface area contributed by atoms with E-state index in [1.807, 2.05) is 19.2 Å². The highest BCUT2D eigenvalue weighted by Crippen LogP contribution is 2.40. The average Bonchev–Trinajstić information content (AvgIpc) is 3.46. The molecule has 0 unspecified atom stereocenters. The van der Waals surface area contributed by atoms with Gasteiger partial charge in [-0.2, -0.15) is 5.26 Å². The number of likely N-dealkylation sites (tertiary alicyclic amines) is 1. The van der Waals surface area contributed by atoms with Crippen LogP contribution in [0.1, 0.15) is 76.4 Å². The zero-order chi connectivity index (χ0) is 26.3. The molecule has 2 aromatic heterocycles. The summed E-state index contributed by atoms with van der Waals surface area (Å²) < 4.78 is 5.94. The number of hydrogen-bond acceptors (Lipinski definition) is 6. The van der Waals surface area contributed by atoms with E-state index < -0.39 is 0 Å². The smallest absolute Gasteiger partial charge is 0.252 e. The van der Waals surface area contributed by atoms with Gasteiger partial charge in [-0.1, -0.05) is 12.1 Å². The fraction of sp³-hybridized carbons (Fsp3) is 0.452. The van der Waals surface area contributed by atoms with E-state index in [4.69, 9.17) is 10.00 Å². The Morgan fingerprint density at radius 3 is 2.71 bits per heavy atom. The molecule has 6 nitrogen and oxygen atoms in total. The maximum atomic E-state index is 12.5. The number of ether oxygens (including phenoxy) is 1. The van der Waals surface area contributed by atoms with Crippen molar-refractivity contribution in [3.05, 3.63) is 69.7 Å². The third-order valence-corrected chi connectivity index (χ3v) is 8.94. The van der Waals surface area contributed by atoms with E-state index in [9.17, 15) is 4.79 Å². The van der Waals surface area contributed by atoms with Gasteiger partial charge in [-0.15, -0.1) is 11.3 Å². The summed E-state index contributed by atoms with van der Waals surface area (Å²) in [5.41, 5.74) is 5.71. The Kier molecular flexibility index (Phi) is 8.72. The molecule has 7 heteroatoms. The van der Waals surface area contributed by atoms with E-state index >= 15 is 0 Å². The van der Waals surface area contributed by atoms with Crippen LogP contribution in [0.5, 0.6) is 5.75 Å². The quantitative estimate of drug-likeness (QED) is 0.347. The van der Waals surface area contributed by atoms with E-state index in [1.165, 1.54) is 65.9 Å². The molecule has 0 atom stereocenters. The fourth-order valence-electron chi connectivity index (χ4n) is 5.82. The van der Waals surface area contributed by atoms with E-state index in [1.54, 1.807) is 18.3 Å². The van der Waals surface area contributed by atoms with Crippen molar-refractivity contribution in [3.63, 3.8) is 0 Å². The number of rotatable bonds is 9. The Labute approximate surface area is 229 Å². The molecule has 198 valence electrons. The van der Waals surface area contributed by atoms with Crippen molar-refractivity contribution in [2.45, 2.75) is 57.3 Å². The van der Waals surface area contributed by atoms with Crippen LogP contribution in [-0.2, 0) is 12.8 Å². The van der Waals surface area contributed by atoms with Crippen LogP contribution in [-0.4, -0.2) is 49.1 Å². The van der Waals surface area contributed by atoms with E-state index in [-0.39, 0.29) is 5.91 Å². The van der Waals surface area contributed by atoms with Gasteiger partial charge in [0, 0.05) is 12.7 Å². The second-order valence-corrected chi connectivity index (χ2v) is 11.4. The molecule has 2 aliphatic rings. The highest BCUT2D eigenvalue weighted by atomic mass is 32.1. The van der Waals surface area contributed by atoms with Gasteiger partial charge >= 0.3 is 0 Å². The number of hydrogen-bond donors (Lipinski definition) is 1. The van der Waals surface area contributed by atoms with Gasteiger partial charge < -0.3 is 15.0 Å². The highest BCUT2D eigenvalue weighted by molar-refractivity contribution is 7.15. The summed E-state index contributed by atoms with van der Waals surface area (Å²) in [5, 5.41) is 12.0. The van der Waals surface area contributed by atoms with Crippen molar-refractivity contribution in [1.82, 2.24) is 15.2 Å². The third-order valence-electron chi connectivity index (χ3n) is 7.92. The van der Waals surface area contributed by atoms with Crippen molar-refractivity contribution >= 4 is 17.2 Å². The minimum absolute atomic E-state index is 0.0900. The summed E-state index contributed by atoms with van der Waals surface area (Å²) in [6.45, 7) is 3.98. The number of thiophene rings is 1. The Balaban J connectivity index is 1.02. The largest absolute Gasteiger partial charge is 0.496 e. The van der Waals surface area contributed by atoms with Crippen LogP contribution in [0, 0.1) is 11.3 Å². The second kappa shape index (κ2) is 12.6. The van der Waals surface area contributed by atoms with Gasteiger partial charge in [-0.25, -0.2) is 0 Å². The number of nitrogens with one attached hydrogen (secondary N) is 1. The summed E-state index contributed by atoms with van der Waals surface area (Å²) in [7, 11) is 1.84. The van der Waals surface area contributed by atoms with Crippen molar-refractivity contribution in [2.75, 3.05) is 33.3 Å². The molecule has 5 rings (SSSR count). The summed E-state index contributed by atoms with van der Waals surface area (Å²) in [6, 6.07) is 14.1. The van der Waals surface area contributed by atoms with Crippen LogP contribution < -0.4 is 10.1 Å². The molecule has 1 aliphatic heterocycles. The number of nitrogens with zero attached hydrogens (tertiary/aromatic N) is 3. The molecule has 1 amide bonds. The molecular weight excluding hydrogens is 492 g/mol. The Morgan fingerprint density at radius 2 is 1.97 bits per heavy atom. The number of unbranched alkanes of at least 4 members (excludes halogenated alkanes) is 1. The zero-order valence-electron chi connectivity index (χ0n) is 22.2. The number of pyridine rings is 1. The molecule has 1 saturated heterocycles. The first-order chi connectivity index (χ1) is 18.7. The number of benzene rings is 1. The minimum Gasteiger partial charge on any atom is -0.496 e. The number of aromatic nitrogens is 1. The van der Waals surface area contributed by atoms with Gasteiger partial charge in [-0.05, 0) is 118 Å². The lowest BCUT2D eigenvalue weighted by molar-refractivity contribution is 0.0952. The van der Waals surface area contributed by atoms with Crippen LogP contribution in [0.15, 0.2) is 42.6 Å². The summed E-state index contributed by atoms with van der Waals surface area (Å²) in [6.07, 6.45) is 10.9. The molecule has 38 heavy (non-hydrogen) atoms. The number of nitriles is 1. The molecule has 3 aromatic rings. The van der Waals surface area contributed by atoms with E-state index in [0.29, 0.717) is 22.9 Å². The summed E-state index contributed by atoms with van der Waals surface area (Å²) in [5.74, 6) is 1.66. The lowest BCUT2D eigenvalue weighted by Gasteiger charge is -2.33. The summed E-state index contributed by atoms with van der Waals surface area (Å²) in [4.78, 5) is 21.1. The Morgan fingerprint density at radius 1 is 1.13 bits per heavy atom. The van der Waals surface area contributed by atoms with E-state index in [0.717, 1.165) is 49.5 Å². The number of carbonyl (C=O) groups excluding carboxylic acids is 1. The SMILES string of the molecule is COc1c(C2CCN(CCCCNC(=O)c3ccc(-c4ccc(C#N)s4)nc3)CC2)ccc2c1CCCC2. The number of methoxy groups -OCH3 is 1. The lowest BCUT2D eigenvalue weighted by atomic mass is 9.83. The van der Waals surface area contributed by atoms with Crippen LogP contribution in [0.25, 0.3) is 10.6 Å². The molecule has 0 saturated carbocycles. The van der Waals surface area contributed by atoms with Gasteiger partial charge in [0.15, 0.2) is 0 Å². The van der Waals surface area contributed by atoms with Gasteiger partial charge in [-0.3, -0.25) is 9.78 Å². The monoisotopic (exact) mass is 528 g/mol. The summed E-state index contributed by atoms with van der Waals surface area (Å²) >= 11 is 1.40. The third kappa shape index (κ3) is 6.09. The van der Waals surface area contributed by atoms with Crippen LogP contribution in [0.3, 0.4) is 0 Å². The van der Waals surface area contributed by atoms with Crippen molar-refractivity contribution in [2.24, 2.45) is 0 Å². The fourth-order valence-corrected chi connectivity index (χ4v) is 6.60. The first kappa shape index (κ1) is 26.4. The molecule has 1 N–H and O–H groups in total. The van der Waals surface area contributed by atoms with Gasteiger partial charge in [0.1, 0.15) is 16.7 Å². The first-order valence-corrected chi connectivity index (χ1v) is 14.6. The van der Waals surface area contributed by atoms with Crippen LogP contribution >= 0.6 is 11.3 Å². The maximum absolute atomic E-state index is 12.5. The topological polar surface area (TPSA) is 78.2 Å². The minimum atomic E-state index is -0.0900. The lowest BCUT2D eigenvalue weighted by Crippen LogP contribution is -2.34. The highest BCUT2D eigenvalue weighted by Gasteiger charge is 2.26. The molecule has 1 fully saturated rings. The maximum Gasteiger partial charge on any atom is 0.252 e. The molecule has 0 radical (unpaired) electrons. The number of piperidine rings is 1. The number of carbonyl (C=O) groups is 1. The van der Waals surface area contributed by atoms with Crippen LogP contribution in [0.4, 0.5) is 0 Å². The average molecular weight is 529 g/mol. The Hall–Kier alpha value is -3.21. The van der Waals surface area contributed by atoms with Crippen molar-refractivity contribution < 1.29 is 9.53 Å².